The molecule has 0 amide bonds. The first-order chi connectivity index (χ1) is 7.15. The van der Waals surface area contributed by atoms with Crippen molar-refractivity contribution in [3.63, 3.8) is 0 Å². The van der Waals surface area contributed by atoms with Crippen molar-refractivity contribution in [1.82, 2.24) is 20.1 Å². The summed E-state index contributed by atoms with van der Waals surface area (Å²) in [6.07, 6.45) is 1.12. The molecule has 0 saturated carbocycles. The summed E-state index contributed by atoms with van der Waals surface area (Å²) in [4.78, 5) is 6.39. The van der Waals surface area contributed by atoms with Crippen LogP contribution >= 0.6 is 0 Å². The first kappa shape index (κ1) is 10.2. The Balaban J connectivity index is 1.94. The largest absolute Gasteiger partial charge is 0.368 e. The van der Waals surface area contributed by atoms with E-state index in [-0.39, 0.29) is 0 Å². The van der Waals surface area contributed by atoms with E-state index in [1.165, 1.54) is 0 Å². The van der Waals surface area contributed by atoms with E-state index in [4.69, 9.17) is 5.73 Å². The predicted molar refractivity (Wildman–Crippen MR) is 59.5 cm³/mol. The number of nitrogens with zero attached hydrogens (tertiary/aromatic N) is 3. The van der Waals surface area contributed by atoms with E-state index in [1.54, 1.807) is 0 Å². The molecule has 0 aliphatic carbocycles. The SMILES string of the molecule is CC1CN(C)CCC1Nc1n[nH]c(N)n1. The molecule has 2 atom stereocenters. The van der Waals surface area contributed by atoms with Crippen LogP contribution in [0.4, 0.5) is 11.9 Å². The summed E-state index contributed by atoms with van der Waals surface area (Å²) in [5.41, 5.74) is 5.46. The molecule has 15 heavy (non-hydrogen) atoms. The van der Waals surface area contributed by atoms with Gasteiger partial charge in [0.2, 0.25) is 11.9 Å². The summed E-state index contributed by atoms with van der Waals surface area (Å²) < 4.78 is 0. The maximum atomic E-state index is 5.46. The quantitative estimate of drug-likeness (QED) is 0.646. The van der Waals surface area contributed by atoms with Crippen LogP contribution in [0.1, 0.15) is 13.3 Å². The average molecular weight is 210 g/mol. The molecule has 1 aliphatic heterocycles. The second-order valence-corrected chi connectivity index (χ2v) is 4.32. The highest BCUT2D eigenvalue weighted by Crippen LogP contribution is 2.18. The van der Waals surface area contributed by atoms with Crippen molar-refractivity contribution in [2.75, 3.05) is 31.2 Å². The van der Waals surface area contributed by atoms with Crippen LogP contribution in [0.3, 0.4) is 0 Å². The van der Waals surface area contributed by atoms with Gasteiger partial charge in [0, 0.05) is 12.6 Å². The van der Waals surface area contributed by atoms with Crippen LogP contribution < -0.4 is 11.1 Å². The van der Waals surface area contributed by atoms with Crippen molar-refractivity contribution in [2.24, 2.45) is 5.92 Å². The Bertz CT molecular complexity index is 322. The molecule has 0 spiro atoms. The predicted octanol–water partition coefficient (Wildman–Crippen LogP) is 0.139. The number of hydrogen-bond acceptors (Lipinski definition) is 5. The number of anilines is 2. The zero-order valence-electron chi connectivity index (χ0n) is 9.20. The molecular weight excluding hydrogens is 192 g/mol. The van der Waals surface area contributed by atoms with Gasteiger partial charge in [-0.1, -0.05) is 6.92 Å². The van der Waals surface area contributed by atoms with E-state index in [1.807, 2.05) is 0 Å². The first-order valence-electron chi connectivity index (χ1n) is 5.28. The van der Waals surface area contributed by atoms with Gasteiger partial charge in [-0.15, -0.1) is 5.10 Å². The minimum absolute atomic E-state index is 0.359. The van der Waals surface area contributed by atoms with Gasteiger partial charge in [0.05, 0.1) is 0 Å². The van der Waals surface area contributed by atoms with Gasteiger partial charge in [0.25, 0.3) is 0 Å². The molecule has 1 aromatic rings. The molecule has 2 heterocycles. The molecule has 0 radical (unpaired) electrons. The third-order valence-electron chi connectivity index (χ3n) is 2.93. The lowest BCUT2D eigenvalue weighted by molar-refractivity contribution is 0.206. The zero-order chi connectivity index (χ0) is 10.8. The van der Waals surface area contributed by atoms with Gasteiger partial charge < -0.3 is 16.0 Å². The number of rotatable bonds is 2. The van der Waals surface area contributed by atoms with Crippen LogP contribution in [0.5, 0.6) is 0 Å². The summed E-state index contributed by atoms with van der Waals surface area (Å²) in [5.74, 6) is 1.57. The lowest BCUT2D eigenvalue weighted by Gasteiger charge is -2.34. The van der Waals surface area contributed by atoms with Gasteiger partial charge in [-0.3, -0.25) is 0 Å². The fraction of sp³-hybridized carbons (Fsp3) is 0.778. The lowest BCUT2D eigenvalue weighted by atomic mass is 9.94. The molecule has 0 aromatic carbocycles. The molecule has 1 fully saturated rings. The number of nitrogen functional groups attached to an aromatic ring is 1. The number of H-pyrrole nitrogens is 1. The van der Waals surface area contributed by atoms with E-state index in [9.17, 15) is 0 Å². The maximum absolute atomic E-state index is 5.46. The van der Waals surface area contributed by atoms with Crippen molar-refractivity contribution in [2.45, 2.75) is 19.4 Å². The monoisotopic (exact) mass is 210 g/mol. The number of nitrogens with two attached hydrogens (primary N) is 1. The Morgan fingerprint density at radius 1 is 1.60 bits per heavy atom. The summed E-state index contributed by atoms with van der Waals surface area (Å²) in [6.45, 7) is 4.46. The number of aromatic amines is 1. The Morgan fingerprint density at radius 2 is 2.40 bits per heavy atom. The lowest BCUT2D eigenvalue weighted by Crippen LogP contribution is -2.43. The molecule has 1 aliphatic rings. The molecule has 1 saturated heterocycles. The second-order valence-electron chi connectivity index (χ2n) is 4.32. The van der Waals surface area contributed by atoms with Crippen LogP contribution in [0, 0.1) is 5.92 Å². The van der Waals surface area contributed by atoms with Crippen molar-refractivity contribution < 1.29 is 0 Å². The Morgan fingerprint density at radius 3 is 3.00 bits per heavy atom. The van der Waals surface area contributed by atoms with Crippen molar-refractivity contribution in [3.05, 3.63) is 0 Å². The summed E-state index contributed by atoms with van der Waals surface area (Å²) in [7, 11) is 2.15. The highest BCUT2D eigenvalue weighted by molar-refractivity contribution is 5.31. The van der Waals surface area contributed by atoms with E-state index >= 15 is 0 Å². The van der Waals surface area contributed by atoms with E-state index in [0.29, 0.717) is 23.9 Å². The first-order valence-corrected chi connectivity index (χ1v) is 5.28. The third kappa shape index (κ3) is 2.38. The van der Waals surface area contributed by atoms with Crippen LogP contribution in [-0.2, 0) is 0 Å². The van der Waals surface area contributed by atoms with Crippen LogP contribution in [-0.4, -0.2) is 46.3 Å². The molecule has 0 bridgehead atoms. The molecule has 84 valence electrons. The minimum atomic E-state index is 0.359. The number of likely N-dealkylation sites (tertiary alicyclic amines) is 1. The number of piperidine rings is 1. The maximum Gasteiger partial charge on any atom is 0.243 e. The molecule has 2 rings (SSSR count). The van der Waals surface area contributed by atoms with E-state index in [0.717, 1.165) is 19.5 Å². The second kappa shape index (κ2) is 4.06. The number of nitrogens with one attached hydrogen (secondary N) is 2. The standard InChI is InChI=1S/C9H18N6/c1-6-5-15(2)4-3-7(6)11-9-12-8(10)13-14-9/h6-7H,3-5H2,1-2H3,(H4,10,11,12,13,14). The zero-order valence-corrected chi connectivity index (χ0v) is 9.20. The summed E-state index contributed by atoms with van der Waals surface area (Å²) >= 11 is 0. The number of hydrogen-bond donors (Lipinski definition) is 3. The van der Waals surface area contributed by atoms with Crippen molar-refractivity contribution >= 4 is 11.9 Å². The van der Waals surface area contributed by atoms with Gasteiger partial charge in [-0.25, -0.2) is 5.10 Å². The van der Waals surface area contributed by atoms with Gasteiger partial charge in [-0.05, 0) is 25.9 Å². The van der Waals surface area contributed by atoms with Gasteiger partial charge in [0.1, 0.15) is 0 Å². The smallest absolute Gasteiger partial charge is 0.243 e. The van der Waals surface area contributed by atoms with Crippen LogP contribution in [0.2, 0.25) is 0 Å². The summed E-state index contributed by atoms with van der Waals surface area (Å²) in [5, 5.41) is 9.91. The molecule has 2 unspecified atom stereocenters. The Kier molecular flexibility index (Phi) is 2.77. The van der Waals surface area contributed by atoms with Crippen molar-refractivity contribution in [1.29, 1.82) is 0 Å². The van der Waals surface area contributed by atoms with E-state index in [2.05, 4.69) is 39.4 Å². The summed E-state index contributed by atoms with van der Waals surface area (Å²) in [6, 6.07) is 0.441. The van der Waals surface area contributed by atoms with Gasteiger partial charge in [0.15, 0.2) is 0 Å². The third-order valence-corrected chi connectivity index (χ3v) is 2.93. The highest BCUT2D eigenvalue weighted by Gasteiger charge is 2.24. The highest BCUT2D eigenvalue weighted by atomic mass is 15.3. The van der Waals surface area contributed by atoms with Gasteiger partial charge in [-0.2, -0.15) is 4.98 Å². The van der Waals surface area contributed by atoms with E-state index < -0.39 is 0 Å². The molecule has 6 heteroatoms. The minimum Gasteiger partial charge on any atom is -0.368 e. The fourth-order valence-electron chi connectivity index (χ4n) is 2.07. The molecular formula is C9H18N6. The Labute approximate surface area is 89.2 Å². The number of aromatic nitrogens is 3. The topological polar surface area (TPSA) is 82.9 Å². The normalized spacial score (nSPS) is 27.9. The van der Waals surface area contributed by atoms with Crippen LogP contribution in [0.25, 0.3) is 0 Å². The van der Waals surface area contributed by atoms with Crippen LogP contribution in [0.15, 0.2) is 0 Å². The molecule has 4 N–H and O–H groups in total. The molecule has 1 aromatic heterocycles. The fourth-order valence-corrected chi connectivity index (χ4v) is 2.07. The van der Waals surface area contributed by atoms with Crippen molar-refractivity contribution in [3.8, 4) is 0 Å². The average Bonchev–Trinajstić information content (AvgIpc) is 2.56. The Hall–Kier alpha value is -1.30. The van der Waals surface area contributed by atoms with Gasteiger partial charge >= 0.3 is 0 Å². The molecule has 6 nitrogen and oxygen atoms in total.